The third-order valence-corrected chi connectivity index (χ3v) is 6.24. The van der Waals surface area contributed by atoms with Gasteiger partial charge in [0.1, 0.15) is 23.4 Å². The lowest BCUT2D eigenvalue weighted by atomic mass is 10.3. The van der Waals surface area contributed by atoms with E-state index in [0.29, 0.717) is 17.3 Å². The van der Waals surface area contributed by atoms with Crippen LogP contribution in [0.3, 0.4) is 0 Å². The number of nitrogens with zero attached hydrogens (tertiary/aromatic N) is 6. The molecule has 4 aromatic heterocycles. The average Bonchev–Trinajstić information content (AvgIpc) is 3.21. The Morgan fingerprint density at radius 3 is 2.84 bits per heavy atom. The smallest absolute Gasteiger partial charge is 0.166 e. The molecule has 1 unspecified atom stereocenters. The Hall–Kier alpha value is -3.17. The fourth-order valence-corrected chi connectivity index (χ4v) is 4.44. The molecule has 0 amide bonds. The molecule has 2 aliphatic rings. The Morgan fingerprint density at radius 1 is 1.23 bits per heavy atom. The van der Waals surface area contributed by atoms with Crippen LogP contribution >= 0.6 is 0 Å². The predicted molar refractivity (Wildman–Crippen MR) is 120 cm³/mol. The molecule has 1 atom stereocenters. The van der Waals surface area contributed by atoms with E-state index in [-0.39, 0.29) is 0 Å². The molecule has 4 aromatic rings. The second-order valence-electron chi connectivity index (χ2n) is 8.38. The van der Waals surface area contributed by atoms with E-state index in [1.807, 2.05) is 25.4 Å². The van der Waals surface area contributed by atoms with Crippen LogP contribution in [0.2, 0.25) is 0 Å². The lowest BCUT2D eigenvalue weighted by Crippen LogP contribution is -2.23. The second-order valence-corrected chi connectivity index (χ2v) is 8.38. The molecule has 160 valence electrons. The molecule has 3 N–H and O–H groups in total. The molecule has 1 saturated carbocycles. The SMILES string of the molecule is CNc1cc(-n2cc(N3CCCC3)c3ncccc32)nc2c(C(O)NC3CC3)cnn12. The molecule has 0 radical (unpaired) electrons. The molecule has 6 rings (SSSR count). The van der Waals surface area contributed by atoms with Crippen molar-refractivity contribution in [2.24, 2.45) is 0 Å². The van der Waals surface area contributed by atoms with Gasteiger partial charge in [0.25, 0.3) is 0 Å². The number of hydrogen-bond donors (Lipinski definition) is 3. The van der Waals surface area contributed by atoms with Crippen molar-refractivity contribution < 1.29 is 5.11 Å². The second kappa shape index (κ2) is 7.21. The molecule has 1 aliphatic carbocycles. The number of hydrogen-bond acceptors (Lipinski definition) is 7. The van der Waals surface area contributed by atoms with E-state index < -0.39 is 6.23 Å². The van der Waals surface area contributed by atoms with Crippen LogP contribution in [0, 0.1) is 0 Å². The van der Waals surface area contributed by atoms with Crippen molar-refractivity contribution in [2.45, 2.75) is 38.0 Å². The van der Waals surface area contributed by atoms with Crippen LogP contribution in [0.15, 0.2) is 36.8 Å². The highest BCUT2D eigenvalue weighted by Crippen LogP contribution is 2.33. The molecular formula is C22H26N8O. The van der Waals surface area contributed by atoms with E-state index in [1.54, 1.807) is 10.7 Å². The quantitative estimate of drug-likeness (QED) is 0.414. The largest absolute Gasteiger partial charge is 0.374 e. The van der Waals surface area contributed by atoms with Crippen LogP contribution < -0.4 is 15.5 Å². The molecule has 9 heteroatoms. The molecule has 1 saturated heterocycles. The maximum atomic E-state index is 10.7. The standard InChI is InChI=1S/C22H26N8O/c1-23-18-11-19(27-21-15(12-25-30(18)21)22(31)26-14-6-7-14)29-13-17(28-9-2-3-10-28)20-16(29)5-4-8-24-20/h4-5,8,11-14,22-23,26,31H,2-3,6-7,9-10H2,1H3. The summed E-state index contributed by atoms with van der Waals surface area (Å²) in [6, 6.07) is 6.38. The van der Waals surface area contributed by atoms with Gasteiger partial charge < -0.3 is 15.3 Å². The van der Waals surface area contributed by atoms with Crippen LogP contribution in [0.4, 0.5) is 11.5 Å². The summed E-state index contributed by atoms with van der Waals surface area (Å²) >= 11 is 0. The fourth-order valence-electron chi connectivity index (χ4n) is 4.44. The van der Waals surface area contributed by atoms with Crippen molar-refractivity contribution in [3.8, 4) is 5.82 Å². The fraction of sp³-hybridized carbons (Fsp3) is 0.409. The van der Waals surface area contributed by atoms with Gasteiger partial charge in [0.2, 0.25) is 0 Å². The van der Waals surface area contributed by atoms with Gasteiger partial charge >= 0.3 is 0 Å². The minimum atomic E-state index is -0.791. The Kier molecular flexibility index (Phi) is 4.32. The zero-order chi connectivity index (χ0) is 20.9. The molecule has 31 heavy (non-hydrogen) atoms. The van der Waals surface area contributed by atoms with Gasteiger partial charge in [0.05, 0.1) is 23.0 Å². The summed E-state index contributed by atoms with van der Waals surface area (Å²) in [5, 5.41) is 21.6. The van der Waals surface area contributed by atoms with Crippen molar-refractivity contribution >= 4 is 28.2 Å². The third-order valence-electron chi connectivity index (χ3n) is 6.24. The molecule has 9 nitrogen and oxygen atoms in total. The summed E-state index contributed by atoms with van der Waals surface area (Å²) in [6.45, 7) is 2.10. The van der Waals surface area contributed by atoms with Gasteiger partial charge in [-0.1, -0.05) is 0 Å². The van der Waals surface area contributed by atoms with Gasteiger partial charge in [-0.2, -0.15) is 9.61 Å². The van der Waals surface area contributed by atoms with Gasteiger partial charge in [0.15, 0.2) is 5.65 Å². The molecular weight excluding hydrogens is 392 g/mol. The van der Waals surface area contributed by atoms with Crippen molar-refractivity contribution in [2.75, 3.05) is 30.4 Å². The summed E-state index contributed by atoms with van der Waals surface area (Å²) in [4.78, 5) is 12.0. The van der Waals surface area contributed by atoms with E-state index >= 15 is 0 Å². The minimum absolute atomic E-state index is 0.374. The van der Waals surface area contributed by atoms with Crippen molar-refractivity contribution in [3.05, 3.63) is 42.4 Å². The summed E-state index contributed by atoms with van der Waals surface area (Å²) in [5.74, 6) is 1.57. The Balaban J connectivity index is 1.52. The van der Waals surface area contributed by atoms with Gasteiger partial charge in [0, 0.05) is 44.6 Å². The number of aromatic nitrogens is 5. The summed E-state index contributed by atoms with van der Waals surface area (Å²) in [5.41, 5.74) is 4.46. The lowest BCUT2D eigenvalue weighted by molar-refractivity contribution is 0.138. The number of aliphatic hydroxyl groups is 1. The number of anilines is 2. The third kappa shape index (κ3) is 3.12. The number of rotatable bonds is 6. The normalized spacial score (nSPS) is 17.7. The number of pyridine rings is 1. The highest BCUT2D eigenvalue weighted by molar-refractivity contribution is 5.91. The summed E-state index contributed by atoms with van der Waals surface area (Å²) in [7, 11) is 1.86. The number of aliphatic hydroxyl groups excluding tert-OH is 1. The molecule has 0 spiro atoms. The van der Waals surface area contributed by atoms with Gasteiger partial charge in [-0.05, 0) is 37.8 Å². The topological polar surface area (TPSA) is 95.5 Å². The van der Waals surface area contributed by atoms with E-state index in [4.69, 9.17) is 4.98 Å². The van der Waals surface area contributed by atoms with Gasteiger partial charge in [-0.15, -0.1) is 0 Å². The Morgan fingerprint density at radius 2 is 2.06 bits per heavy atom. The lowest BCUT2D eigenvalue weighted by Gasteiger charge is -2.15. The van der Waals surface area contributed by atoms with Crippen LogP contribution in [0.25, 0.3) is 22.5 Å². The zero-order valence-corrected chi connectivity index (χ0v) is 17.5. The molecule has 0 bridgehead atoms. The molecule has 5 heterocycles. The highest BCUT2D eigenvalue weighted by Gasteiger charge is 2.27. The van der Waals surface area contributed by atoms with Crippen molar-refractivity contribution in [3.63, 3.8) is 0 Å². The zero-order valence-electron chi connectivity index (χ0n) is 17.5. The van der Waals surface area contributed by atoms with Crippen LogP contribution in [-0.2, 0) is 0 Å². The van der Waals surface area contributed by atoms with Crippen molar-refractivity contribution in [1.82, 2.24) is 29.5 Å². The van der Waals surface area contributed by atoms with Crippen molar-refractivity contribution in [1.29, 1.82) is 0 Å². The minimum Gasteiger partial charge on any atom is -0.374 e. The van der Waals surface area contributed by atoms with Gasteiger partial charge in [-0.25, -0.2) is 4.98 Å². The molecule has 0 aromatic carbocycles. The van der Waals surface area contributed by atoms with E-state index in [0.717, 1.165) is 54.3 Å². The monoisotopic (exact) mass is 418 g/mol. The Labute approximate surface area is 179 Å². The predicted octanol–water partition coefficient (Wildman–Crippen LogP) is 2.45. The first kappa shape index (κ1) is 18.6. The average molecular weight is 419 g/mol. The van der Waals surface area contributed by atoms with Crippen LogP contribution in [-0.4, -0.2) is 55.4 Å². The molecule has 1 aliphatic heterocycles. The summed E-state index contributed by atoms with van der Waals surface area (Å²) < 4.78 is 3.83. The highest BCUT2D eigenvalue weighted by atomic mass is 16.3. The first-order valence-corrected chi connectivity index (χ1v) is 10.9. The first-order chi connectivity index (χ1) is 15.2. The first-order valence-electron chi connectivity index (χ1n) is 10.9. The van der Waals surface area contributed by atoms with E-state index in [9.17, 15) is 5.11 Å². The summed E-state index contributed by atoms with van der Waals surface area (Å²) in [6.07, 6.45) is 9.49. The van der Waals surface area contributed by atoms with Gasteiger partial charge in [-0.3, -0.25) is 14.9 Å². The Bertz CT molecular complexity index is 1250. The number of fused-ring (bicyclic) bond motifs is 2. The van der Waals surface area contributed by atoms with E-state index in [2.05, 4.69) is 42.4 Å². The maximum Gasteiger partial charge on any atom is 0.166 e. The van der Waals surface area contributed by atoms with Crippen LogP contribution in [0.1, 0.15) is 37.5 Å². The van der Waals surface area contributed by atoms with Crippen LogP contribution in [0.5, 0.6) is 0 Å². The maximum absolute atomic E-state index is 10.7. The number of nitrogens with one attached hydrogen (secondary N) is 2. The van der Waals surface area contributed by atoms with E-state index in [1.165, 1.54) is 12.8 Å². The molecule has 2 fully saturated rings.